The molecular formula is C11H14N4O2S. The molecule has 1 aromatic heterocycles. The first-order valence-electron chi connectivity index (χ1n) is 5.69. The number of hydrogen-bond acceptors (Lipinski definition) is 6. The standard InChI is InChI=1S/C11H14N4O2S/c12-2-1-10-14-9(7-18-10)11(16)15-3-4-17-8(5-13)6-15/h7-8H,1-4,6,12H2. The number of nitrogens with zero attached hydrogens (tertiary/aromatic N) is 3. The number of thiazole rings is 1. The summed E-state index contributed by atoms with van der Waals surface area (Å²) in [7, 11) is 0. The van der Waals surface area contributed by atoms with E-state index in [1.54, 1.807) is 10.3 Å². The molecular weight excluding hydrogens is 252 g/mol. The quantitative estimate of drug-likeness (QED) is 0.832. The summed E-state index contributed by atoms with van der Waals surface area (Å²) in [6.07, 6.45) is 0.145. The predicted octanol–water partition coefficient (Wildman–Crippen LogP) is 0.00888. The van der Waals surface area contributed by atoms with Gasteiger partial charge in [0.05, 0.1) is 24.2 Å². The Morgan fingerprint density at radius 1 is 1.78 bits per heavy atom. The number of nitrogens with two attached hydrogens (primary N) is 1. The van der Waals surface area contributed by atoms with Gasteiger partial charge in [-0.2, -0.15) is 5.26 Å². The van der Waals surface area contributed by atoms with Crippen LogP contribution in [0.1, 0.15) is 15.5 Å². The molecule has 1 atom stereocenters. The van der Waals surface area contributed by atoms with Crippen molar-refractivity contribution in [3.8, 4) is 6.07 Å². The molecule has 0 aliphatic carbocycles. The van der Waals surface area contributed by atoms with E-state index in [1.807, 2.05) is 6.07 Å². The highest BCUT2D eigenvalue weighted by Crippen LogP contribution is 2.14. The molecule has 1 aliphatic rings. The van der Waals surface area contributed by atoms with E-state index in [1.165, 1.54) is 11.3 Å². The van der Waals surface area contributed by atoms with Gasteiger partial charge in [0.1, 0.15) is 5.69 Å². The Bertz CT molecular complexity index is 468. The molecule has 2 heterocycles. The fourth-order valence-corrected chi connectivity index (χ4v) is 2.51. The zero-order chi connectivity index (χ0) is 13.0. The topological polar surface area (TPSA) is 92.2 Å². The maximum Gasteiger partial charge on any atom is 0.273 e. The van der Waals surface area contributed by atoms with Crippen LogP contribution in [0, 0.1) is 11.3 Å². The van der Waals surface area contributed by atoms with Crippen LogP contribution < -0.4 is 5.73 Å². The lowest BCUT2D eigenvalue weighted by atomic mass is 10.2. The van der Waals surface area contributed by atoms with Gasteiger partial charge >= 0.3 is 0 Å². The highest BCUT2D eigenvalue weighted by molar-refractivity contribution is 7.09. The van der Waals surface area contributed by atoms with Crippen molar-refractivity contribution in [3.63, 3.8) is 0 Å². The Labute approximate surface area is 109 Å². The van der Waals surface area contributed by atoms with E-state index < -0.39 is 6.10 Å². The van der Waals surface area contributed by atoms with Gasteiger partial charge in [-0.25, -0.2) is 4.98 Å². The third kappa shape index (κ3) is 2.85. The molecule has 2 N–H and O–H groups in total. The van der Waals surface area contributed by atoms with Crippen molar-refractivity contribution in [1.82, 2.24) is 9.88 Å². The summed E-state index contributed by atoms with van der Waals surface area (Å²) >= 11 is 1.44. The summed E-state index contributed by atoms with van der Waals surface area (Å²) in [5.74, 6) is -0.141. The lowest BCUT2D eigenvalue weighted by Crippen LogP contribution is -2.45. The van der Waals surface area contributed by atoms with Gasteiger partial charge in [0.25, 0.3) is 5.91 Å². The number of carbonyl (C=O) groups excluding carboxylic acids is 1. The van der Waals surface area contributed by atoms with E-state index in [9.17, 15) is 4.79 Å². The van der Waals surface area contributed by atoms with Gasteiger partial charge < -0.3 is 15.4 Å². The summed E-state index contributed by atoms with van der Waals surface area (Å²) in [5, 5.41) is 11.4. The first kappa shape index (κ1) is 13.0. The number of carbonyl (C=O) groups is 1. The summed E-state index contributed by atoms with van der Waals surface area (Å²) in [5.41, 5.74) is 5.88. The maximum absolute atomic E-state index is 12.2. The molecule has 7 heteroatoms. The van der Waals surface area contributed by atoms with Crippen LogP contribution in [-0.2, 0) is 11.2 Å². The molecule has 96 valence electrons. The molecule has 0 spiro atoms. The van der Waals surface area contributed by atoms with E-state index in [-0.39, 0.29) is 5.91 Å². The van der Waals surface area contributed by atoms with Gasteiger partial charge in [-0.05, 0) is 6.54 Å². The molecule has 1 fully saturated rings. The highest BCUT2D eigenvalue weighted by atomic mass is 32.1. The molecule has 1 saturated heterocycles. The number of ether oxygens (including phenoxy) is 1. The van der Waals surface area contributed by atoms with Crippen molar-refractivity contribution in [1.29, 1.82) is 5.26 Å². The van der Waals surface area contributed by atoms with Crippen LogP contribution >= 0.6 is 11.3 Å². The van der Waals surface area contributed by atoms with Crippen molar-refractivity contribution >= 4 is 17.2 Å². The minimum Gasteiger partial charge on any atom is -0.360 e. The van der Waals surface area contributed by atoms with E-state index in [4.69, 9.17) is 15.7 Å². The number of hydrogen-bond donors (Lipinski definition) is 1. The molecule has 2 rings (SSSR count). The van der Waals surface area contributed by atoms with Crippen molar-refractivity contribution in [2.24, 2.45) is 5.73 Å². The molecule has 18 heavy (non-hydrogen) atoms. The van der Waals surface area contributed by atoms with Gasteiger partial charge in [0.2, 0.25) is 0 Å². The zero-order valence-corrected chi connectivity index (χ0v) is 10.7. The van der Waals surface area contributed by atoms with Crippen LogP contribution in [-0.4, -0.2) is 48.1 Å². The first-order chi connectivity index (χ1) is 8.74. The van der Waals surface area contributed by atoms with Crippen LogP contribution in [0.2, 0.25) is 0 Å². The van der Waals surface area contributed by atoms with Crippen molar-refractivity contribution in [2.75, 3.05) is 26.2 Å². The number of rotatable bonds is 3. The molecule has 0 bridgehead atoms. The molecule has 0 saturated carbocycles. The number of morpholine rings is 1. The predicted molar refractivity (Wildman–Crippen MR) is 66.1 cm³/mol. The summed E-state index contributed by atoms with van der Waals surface area (Å²) in [4.78, 5) is 18.0. The smallest absolute Gasteiger partial charge is 0.273 e. The average molecular weight is 266 g/mol. The second-order valence-electron chi connectivity index (χ2n) is 3.90. The number of amides is 1. The number of nitriles is 1. The molecule has 1 unspecified atom stereocenters. The fourth-order valence-electron chi connectivity index (χ4n) is 1.72. The van der Waals surface area contributed by atoms with Gasteiger partial charge in [-0.3, -0.25) is 4.79 Å². The minimum atomic E-state index is -0.537. The Balaban J connectivity index is 2.03. The maximum atomic E-state index is 12.2. The van der Waals surface area contributed by atoms with Crippen LogP contribution in [0.4, 0.5) is 0 Å². The number of aromatic nitrogens is 1. The second-order valence-corrected chi connectivity index (χ2v) is 4.85. The molecule has 0 radical (unpaired) electrons. The molecule has 6 nitrogen and oxygen atoms in total. The highest BCUT2D eigenvalue weighted by Gasteiger charge is 2.26. The van der Waals surface area contributed by atoms with E-state index in [0.29, 0.717) is 38.4 Å². The zero-order valence-electron chi connectivity index (χ0n) is 9.83. The third-order valence-corrected chi connectivity index (χ3v) is 3.54. The summed E-state index contributed by atoms with van der Waals surface area (Å²) in [6, 6.07) is 2.02. The fraction of sp³-hybridized carbons (Fsp3) is 0.545. The van der Waals surface area contributed by atoms with Crippen LogP contribution in [0.25, 0.3) is 0 Å². The Kier molecular flexibility index (Phi) is 4.25. The molecule has 1 amide bonds. The Hall–Kier alpha value is -1.49. The minimum absolute atomic E-state index is 0.141. The van der Waals surface area contributed by atoms with E-state index in [0.717, 1.165) is 5.01 Å². The first-order valence-corrected chi connectivity index (χ1v) is 6.57. The summed E-state index contributed by atoms with van der Waals surface area (Å²) in [6.45, 7) is 1.72. The largest absolute Gasteiger partial charge is 0.360 e. The lowest BCUT2D eigenvalue weighted by Gasteiger charge is -2.29. The molecule has 1 aliphatic heterocycles. The van der Waals surface area contributed by atoms with E-state index >= 15 is 0 Å². The monoisotopic (exact) mass is 266 g/mol. The third-order valence-electron chi connectivity index (χ3n) is 2.63. The van der Waals surface area contributed by atoms with Crippen LogP contribution in [0.5, 0.6) is 0 Å². The van der Waals surface area contributed by atoms with Crippen LogP contribution in [0.3, 0.4) is 0 Å². The van der Waals surface area contributed by atoms with Gasteiger partial charge in [0, 0.05) is 18.3 Å². The van der Waals surface area contributed by atoms with Crippen molar-refractivity contribution in [2.45, 2.75) is 12.5 Å². The molecule has 0 aromatic carbocycles. The summed E-state index contributed by atoms with van der Waals surface area (Å²) < 4.78 is 5.20. The van der Waals surface area contributed by atoms with Crippen LogP contribution in [0.15, 0.2) is 5.38 Å². The van der Waals surface area contributed by atoms with Gasteiger partial charge in [-0.1, -0.05) is 0 Å². The van der Waals surface area contributed by atoms with E-state index in [2.05, 4.69) is 4.98 Å². The second kappa shape index (κ2) is 5.91. The molecule has 1 aromatic rings. The lowest BCUT2D eigenvalue weighted by molar-refractivity contribution is 0.00323. The Morgan fingerprint density at radius 3 is 3.33 bits per heavy atom. The normalized spacial score (nSPS) is 19.6. The Morgan fingerprint density at radius 2 is 2.61 bits per heavy atom. The van der Waals surface area contributed by atoms with Crippen molar-refractivity contribution < 1.29 is 9.53 Å². The van der Waals surface area contributed by atoms with Crippen molar-refractivity contribution in [3.05, 3.63) is 16.1 Å². The van der Waals surface area contributed by atoms with Gasteiger partial charge in [0.15, 0.2) is 6.10 Å². The SMILES string of the molecule is N#CC1CN(C(=O)c2csc(CCN)n2)CCO1. The average Bonchev–Trinajstić information content (AvgIpc) is 2.87. The van der Waals surface area contributed by atoms with Gasteiger partial charge in [-0.15, -0.1) is 11.3 Å².